The van der Waals surface area contributed by atoms with Crippen molar-refractivity contribution < 1.29 is 19.1 Å². The summed E-state index contributed by atoms with van der Waals surface area (Å²) in [6, 6.07) is 3.34. The molecule has 1 unspecified atom stereocenters. The molecule has 18 heavy (non-hydrogen) atoms. The lowest BCUT2D eigenvalue weighted by molar-refractivity contribution is -0.121. The van der Waals surface area contributed by atoms with E-state index in [1.54, 1.807) is 19.2 Å². The van der Waals surface area contributed by atoms with Gasteiger partial charge in [0.15, 0.2) is 5.78 Å². The standard InChI is InChI=1S/C13H15NO4/c1-14-13(16)9-6-10(15)8-4-7(17-2)5-11(18-3)12(8)9/h4-5,9H,6H2,1-3H3,(H,14,16). The van der Waals surface area contributed by atoms with Gasteiger partial charge in [0.25, 0.3) is 0 Å². The number of ether oxygens (including phenoxy) is 2. The Morgan fingerprint density at radius 3 is 2.61 bits per heavy atom. The van der Waals surface area contributed by atoms with Gasteiger partial charge in [0, 0.05) is 30.7 Å². The summed E-state index contributed by atoms with van der Waals surface area (Å²) in [6.45, 7) is 0. The van der Waals surface area contributed by atoms with Gasteiger partial charge in [-0.05, 0) is 6.07 Å². The van der Waals surface area contributed by atoms with E-state index in [2.05, 4.69) is 5.32 Å². The van der Waals surface area contributed by atoms with E-state index < -0.39 is 5.92 Å². The Morgan fingerprint density at radius 2 is 2.06 bits per heavy atom. The highest BCUT2D eigenvalue weighted by molar-refractivity contribution is 6.07. The van der Waals surface area contributed by atoms with Crippen LogP contribution in [0.1, 0.15) is 28.3 Å². The molecule has 0 saturated carbocycles. The van der Waals surface area contributed by atoms with Crippen molar-refractivity contribution in [2.75, 3.05) is 21.3 Å². The Bertz CT molecular complexity index is 510. The van der Waals surface area contributed by atoms with E-state index in [-0.39, 0.29) is 18.1 Å². The third kappa shape index (κ3) is 1.81. The predicted molar refractivity (Wildman–Crippen MR) is 65.3 cm³/mol. The monoisotopic (exact) mass is 249 g/mol. The van der Waals surface area contributed by atoms with Crippen LogP contribution in [0.4, 0.5) is 0 Å². The maximum Gasteiger partial charge on any atom is 0.227 e. The van der Waals surface area contributed by atoms with Gasteiger partial charge in [-0.1, -0.05) is 0 Å². The van der Waals surface area contributed by atoms with Crippen LogP contribution in [0.3, 0.4) is 0 Å². The molecule has 0 fully saturated rings. The highest BCUT2D eigenvalue weighted by atomic mass is 16.5. The zero-order valence-electron chi connectivity index (χ0n) is 10.6. The van der Waals surface area contributed by atoms with E-state index >= 15 is 0 Å². The van der Waals surface area contributed by atoms with Crippen molar-refractivity contribution in [3.63, 3.8) is 0 Å². The third-order valence-corrected chi connectivity index (χ3v) is 3.17. The second kappa shape index (κ2) is 4.68. The van der Waals surface area contributed by atoms with E-state index in [1.807, 2.05) is 0 Å². The summed E-state index contributed by atoms with van der Waals surface area (Å²) in [5.41, 5.74) is 1.17. The van der Waals surface area contributed by atoms with Crippen molar-refractivity contribution >= 4 is 11.7 Å². The number of fused-ring (bicyclic) bond motifs is 1. The number of benzene rings is 1. The van der Waals surface area contributed by atoms with Crippen LogP contribution in [0, 0.1) is 0 Å². The van der Waals surface area contributed by atoms with Crippen molar-refractivity contribution in [1.29, 1.82) is 0 Å². The molecule has 1 N–H and O–H groups in total. The fourth-order valence-corrected chi connectivity index (χ4v) is 2.27. The number of amides is 1. The molecule has 0 bridgehead atoms. The molecule has 1 amide bonds. The number of Topliss-reactive ketones (excluding diaryl/α,β-unsaturated/α-hetero) is 1. The minimum atomic E-state index is -0.474. The number of rotatable bonds is 3. The second-order valence-electron chi connectivity index (χ2n) is 4.09. The molecule has 5 heteroatoms. The van der Waals surface area contributed by atoms with Crippen LogP contribution in [0.15, 0.2) is 12.1 Å². The predicted octanol–water partition coefficient (Wildman–Crippen LogP) is 1.12. The summed E-state index contributed by atoms with van der Waals surface area (Å²) in [6.07, 6.45) is 0.179. The van der Waals surface area contributed by atoms with Gasteiger partial charge in [0.05, 0.1) is 20.1 Å². The average Bonchev–Trinajstić information content (AvgIpc) is 2.74. The van der Waals surface area contributed by atoms with Crippen LogP contribution in [0.25, 0.3) is 0 Å². The smallest absolute Gasteiger partial charge is 0.227 e. The van der Waals surface area contributed by atoms with Crippen LogP contribution >= 0.6 is 0 Å². The van der Waals surface area contributed by atoms with E-state index in [9.17, 15) is 9.59 Å². The molecule has 0 heterocycles. The Labute approximate surface area is 105 Å². The molecule has 96 valence electrons. The Morgan fingerprint density at radius 1 is 1.33 bits per heavy atom. The summed E-state index contributed by atoms with van der Waals surface area (Å²) in [4.78, 5) is 23.7. The fraction of sp³-hybridized carbons (Fsp3) is 0.385. The van der Waals surface area contributed by atoms with E-state index in [0.717, 1.165) is 0 Å². The van der Waals surface area contributed by atoms with Crippen molar-refractivity contribution in [2.45, 2.75) is 12.3 Å². The van der Waals surface area contributed by atoms with Gasteiger partial charge in [0.1, 0.15) is 11.5 Å². The van der Waals surface area contributed by atoms with Crippen molar-refractivity contribution in [3.05, 3.63) is 23.3 Å². The first-order valence-corrected chi connectivity index (χ1v) is 5.63. The number of carbonyl (C=O) groups excluding carboxylic acids is 2. The molecular weight excluding hydrogens is 234 g/mol. The third-order valence-electron chi connectivity index (χ3n) is 3.17. The van der Waals surface area contributed by atoms with Crippen molar-refractivity contribution in [1.82, 2.24) is 5.32 Å². The quantitative estimate of drug-likeness (QED) is 0.871. The van der Waals surface area contributed by atoms with Gasteiger partial charge < -0.3 is 14.8 Å². The molecule has 1 aromatic carbocycles. The van der Waals surface area contributed by atoms with Crippen molar-refractivity contribution in [2.24, 2.45) is 0 Å². The molecule has 0 saturated heterocycles. The SMILES string of the molecule is CNC(=O)C1CC(=O)c2cc(OC)cc(OC)c21. The first kappa shape index (κ1) is 12.4. The molecule has 1 aromatic rings. The van der Waals surface area contributed by atoms with Crippen LogP contribution in [-0.4, -0.2) is 33.0 Å². The first-order chi connectivity index (χ1) is 8.62. The Kier molecular flexibility index (Phi) is 3.23. The summed E-state index contributed by atoms with van der Waals surface area (Å²) in [7, 11) is 4.59. The van der Waals surface area contributed by atoms with E-state index in [0.29, 0.717) is 22.6 Å². The molecule has 0 aliphatic heterocycles. The number of hydrogen-bond acceptors (Lipinski definition) is 4. The number of nitrogens with one attached hydrogen (secondary N) is 1. The zero-order chi connectivity index (χ0) is 13.3. The minimum absolute atomic E-state index is 0.0594. The number of hydrogen-bond donors (Lipinski definition) is 1. The molecule has 0 radical (unpaired) electrons. The molecule has 0 aromatic heterocycles. The lowest BCUT2D eigenvalue weighted by Crippen LogP contribution is -2.24. The lowest BCUT2D eigenvalue weighted by Gasteiger charge is -2.14. The Balaban J connectivity index is 2.58. The summed E-state index contributed by atoms with van der Waals surface area (Å²) >= 11 is 0. The summed E-state index contributed by atoms with van der Waals surface area (Å²) in [5.74, 6) is 0.361. The average molecular weight is 249 g/mol. The molecular formula is C13H15NO4. The summed E-state index contributed by atoms with van der Waals surface area (Å²) in [5, 5.41) is 2.57. The van der Waals surface area contributed by atoms with E-state index in [4.69, 9.17) is 9.47 Å². The Hall–Kier alpha value is -2.04. The lowest BCUT2D eigenvalue weighted by atomic mass is 9.99. The number of likely N-dealkylation sites (N-methyl/N-ethyl adjacent to an activating group) is 1. The molecule has 0 spiro atoms. The fourth-order valence-electron chi connectivity index (χ4n) is 2.27. The molecule has 5 nitrogen and oxygen atoms in total. The van der Waals surface area contributed by atoms with Gasteiger partial charge in [-0.2, -0.15) is 0 Å². The highest BCUT2D eigenvalue weighted by Gasteiger charge is 2.37. The number of ketones is 1. The normalized spacial score (nSPS) is 17.3. The summed E-state index contributed by atoms with van der Waals surface area (Å²) < 4.78 is 10.4. The van der Waals surface area contributed by atoms with Gasteiger partial charge >= 0.3 is 0 Å². The van der Waals surface area contributed by atoms with Gasteiger partial charge in [-0.25, -0.2) is 0 Å². The van der Waals surface area contributed by atoms with Crippen LogP contribution in [0.5, 0.6) is 11.5 Å². The zero-order valence-corrected chi connectivity index (χ0v) is 10.6. The van der Waals surface area contributed by atoms with Crippen LogP contribution in [-0.2, 0) is 4.79 Å². The second-order valence-corrected chi connectivity index (χ2v) is 4.09. The topological polar surface area (TPSA) is 64.6 Å². The van der Waals surface area contributed by atoms with Gasteiger partial charge in [-0.15, -0.1) is 0 Å². The molecule has 1 atom stereocenters. The minimum Gasteiger partial charge on any atom is -0.497 e. The molecule has 1 aliphatic rings. The van der Waals surface area contributed by atoms with Crippen LogP contribution in [0.2, 0.25) is 0 Å². The maximum atomic E-state index is 11.9. The maximum absolute atomic E-state index is 11.9. The highest BCUT2D eigenvalue weighted by Crippen LogP contribution is 2.42. The first-order valence-electron chi connectivity index (χ1n) is 5.63. The van der Waals surface area contributed by atoms with Crippen LogP contribution < -0.4 is 14.8 Å². The van der Waals surface area contributed by atoms with Gasteiger partial charge in [0.2, 0.25) is 5.91 Å². The number of methoxy groups -OCH3 is 2. The molecule has 1 aliphatic carbocycles. The van der Waals surface area contributed by atoms with Crippen molar-refractivity contribution in [3.8, 4) is 11.5 Å². The molecule has 2 rings (SSSR count). The largest absolute Gasteiger partial charge is 0.497 e. The number of carbonyl (C=O) groups is 2. The van der Waals surface area contributed by atoms with E-state index in [1.165, 1.54) is 14.2 Å². The van der Waals surface area contributed by atoms with Gasteiger partial charge in [-0.3, -0.25) is 9.59 Å².